The molecule has 0 fully saturated rings. The summed E-state index contributed by atoms with van der Waals surface area (Å²) in [6, 6.07) is -0.566. The Morgan fingerprint density at radius 3 is 1.20 bits per heavy atom. The highest BCUT2D eigenvalue weighted by Crippen LogP contribution is 2.16. The Balaban J connectivity index is 3.51. The molecule has 1 amide bonds. The lowest BCUT2D eigenvalue weighted by Crippen LogP contribution is -2.45. The summed E-state index contributed by atoms with van der Waals surface area (Å²) >= 11 is 0. The van der Waals surface area contributed by atoms with Crippen molar-refractivity contribution in [3.05, 3.63) is 24.3 Å². The molecule has 0 rings (SSSR count). The maximum absolute atomic E-state index is 12.4. The Bertz CT molecular complexity index is 920. The van der Waals surface area contributed by atoms with Gasteiger partial charge >= 0.3 is 5.97 Å². The predicted molar refractivity (Wildman–Crippen MR) is 255 cm³/mol. The summed E-state index contributed by atoms with van der Waals surface area (Å²) in [5, 5.41) is 23.2. The molecule has 0 aliphatic heterocycles. The molecule has 0 aromatic carbocycles. The monoisotopic (exact) mass is 832 g/mol. The lowest BCUT2D eigenvalue weighted by molar-refractivity contribution is -0.143. The van der Waals surface area contributed by atoms with Crippen LogP contribution in [0.25, 0.3) is 0 Å². The standard InChI is InChI=1S/C53H101NO5/c1-3-5-7-9-11-13-15-17-19-20-21-22-24-26-31-35-39-43-47-53(58)59-48-44-40-36-32-28-27-30-34-38-42-46-52(57)54-50(49-55)51(56)45-41-37-33-29-25-23-18-16-14-12-10-8-6-4-2/h19-20,28,32,50-51,55-56H,3-18,21-27,29-31,33-49H2,1-2H3,(H,54,57)/b20-19-,32-28-. The number of amides is 1. The second-order valence-electron chi connectivity index (χ2n) is 17.8. The molecule has 0 radical (unpaired) electrons. The lowest BCUT2D eigenvalue weighted by Gasteiger charge is -2.22. The summed E-state index contributed by atoms with van der Waals surface area (Å²) in [6.45, 7) is 4.86. The molecular formula is C53H101NO5. The summed E-state index contributed by atoms with van der Waals surface area (Å²) in [6.07, 6.45) is 57.2. The summed E-state index contributed by atoms with van der Waals surface area (Å²) in [5.74, 6) is -0.110. The van der Waals surface area contributed by atoms with Crippen molar-refractivity contribution in [3.63, 3.8) is 0 Å². The van der Waals surface area contributed by atoms with Crippen LogP contribution in [0.15, 0.2) is 24.3 Å². The van der Waals surface area contributed by atoms with Crippen LogP contribution in [0.1, 0.15) is 277 Å². The Labute approximate surface area is 367 Å². The molecular weight excluding hydrogens is 731 g/mol. The molecule has 0 bridgehead atoms. The summed E-state index contributed by atoms with van der Waals surface area (Å²) in [4.78, 5) is 24.5. The van der Waals surface area contributed by atoms with E-state index in [-0.39, 0.29) is 18.5 Å². The third-order valence-corrected chi connectivity index (χ3v) is 12.0. The number of hydrogen-bond donors (Lipinski definition) is 3. The van der Waals surface area contributed by atoms with Gasteiger partial charge in [0.1, 0.15) is 0 Å². The number of carbonyl (C=O) groups excluding carboxylic acids is 2. The van der Waals surface area contributed by atoms with Gasteiger partial charge in [0.2, 0.25) is 5.91 Å². The molecule has 2 unspecified atom stereocenters. The average molecular weight is 832 g/mol. The fraction of sp³-hybridized carbons (Fsp3) is 0.887. The molecule has 0 heterocycles. The van der Waals surface area contributed by atoms with Crippen LogP contribution in [0, 0.1) is 0 Å². The molecule has 0 aromatic rings. The van der Waals surface area contributed by atoms with E-state index >= 15 is 0 Å². The highest BCUT2D eigenvalue weighted by atomic mass is 16.5. The van der Waals surface area contributed by atoms with Crippen molar-refractivity contribution in [1.29, 1.82) is 0 Å². The number of aliphatic hydroxyl groups is 2. The van der Waals surface area contributed by atoms with Gasteiger partial charge in [0.25, 0.3) is 0 Å². The van der Waals surface area contributed by atoms with Crippen LogP contribution in [0.2, 0.25) is 0 Å². The lowest BCUT2D eigenvalue weighted by atomic mass is 10.0. The highest BCUT2D eigenvalue weighted by molar-refractivity contribution is 5.76. The van der Waals surface area contributed by atoms with E-state index in [1.807, 2.05) is 0 Å². The number of rotatable bonds is 48. The fourth-order valence-electron chi connectivity index (χ4n) is 7.92. The first-order chi connectivity index (χ1) is 29.0. The number of carbonyl (C=O) groups is 2. The second-order valence-corrected chi connectivity index (χ2v) is 17.8. The van der Waals surface area contributed by atoms with Crippen molar-refractivity contribution >= 4 is 11.9 Å². The molecule has 0 saturated carbocycles. The minimum absolute atomic E-state index is 0.0393. The normalized spacial score (nSPS) is 12.8. The zero-order chi connectivity index (χ0) is 43.0. The van der Waals surface area contributed by atoms with E-state index in [2.05, 4.69) is 43.5 Å². The number of aliphatic hydroxyl groups excluding tert-OH is 2. The van der Waals surface area contributed by atoms with E-state index in [1.165, 1.54) is 167 Å². The van der Waals surface area contributed by atoms with Gasteiger partial charge in [-0.1, -0.05) is 212 Å². The number of esters is 1. The molecule has 2 atom stereocenters. The third-order valence-electron chi connectivity index (χ3n) is 12.0. The Hall–Kier alpha value is -1.66. The Morgan fingerprint density at radius 2 is 0.797 bits per heavy atom. The largest absolute Gasteiger partial charge is 0.466 e. The van der Waals surface area contributed by atoms with Crippen molar-refractivity contribution < 1.29 is 24.5 Å². The summed E-state index contributed by atoms with van der Waals surface area (Å²) in [5.41, 5.74) is 0. The Morgan fingerprint density at radius 1 is 0.458 bits per heavy atom. The van der Waals surface area contributed by atoms with Gasteiger partial charge in [-0.25, -0.2) is 0 Å². The maximum Gasteiger partial charge on any atom is 0.305 e. The molecule has 0 aliphatic rings. The van der Waals surface area contributed by atoms with E-state index in [9.17, 15) is 19.8 Å². The first kappa shape index (κ1) is 57.3. The van der Waals surface area contributed by atoms with Gasteiger partial charge in [-0.3, -0.25) is 9.59 Å². The predicted octanol–water partition coefficient (Wildman–Crippen LogP) is 15.5. The second kappa shape index (κ2) is 49.0. The van der Waals surface area contributed by atoms with Gasteiger partial charge in [0, 0.05) is 12.8 Å². The zero-order valence-corrected chi connectivity index (χ0v) is 39.5. The van der Waals surface area contributed by atoms with Crippen molar-refractivity contribution in [2.24, 2.45) is 0 Å². The number of unbranched alkanes of at least 4 members (excludes halogenated alkanes) is 33. The Kier molecular flexibility index (Phi) is 47.6. The van der Waals surface area contributed by atoms with Crippen LogP contribution in [-0.2, 0) is 14.3 Å². The van der Waals surface area contributed by atoms with E-state index in [1.54, 1.807) is 0 Å². The van der Waals surface area contributed by atoms with Crippen molar-refractivity contribution in [2.75, 3.05) is 13.2 Å². The zero-order valence-electron chi connectivity index (χ0n) is 39.5. The van der Waals surface area contributed by atoms with Crippen LogP contribution in [-0.4, -0.2) is 47.4 Å². The van der Waals surface area contributed by atoms with Crippen molar-refractivity contribution in [1.82, 2.24) is 5.32 Å². The maximum atomic E-state index is 12.4. The van der Waals surface area contributed by atoms with E-state index in [0.717, 1.165) is 77.0 Å². The van der Waals surface area contributed by atoms with Crippen molar-refractivity contribution in [2.45, 2.75) is 289 Å². The smallest absolute Gasteiger partial charge is 0.305 e. The summed E-state index contributed by atoms with van der Waals surface area (Å²) < 4.78 is 5.44. The van der Waals surface area contributed by atoms with Gasteiger partial charge in [-0.2, -0.15) is 0 Å². The molecule has 59 heavy (non-hydrogen) atoms. The van der Waals surface area contributed by atoms with Gasteiger partial charge in [-0.15, -0.1) is 0 Å². The molecule has 0 spiro atoms. The summed E-state index contributed by atoms with van der Waals surface area (Å²) in [7, 11) is 0. The van der Waals surface area contributed by atoms with E-state index in [4.69, 9.17) is 4.74 Å². The van der Waals surface area contributed by atoms with Crippen LogP contribution in [0.5, 0.6) is 0 Å². The van der Waals surface area contributed by atoms with E-state index < -0.39 is 12.1 Å². The first-order valence-corrected chi connectivity index (χ1v) is 26.1. The van der Waals surface area contributed by atoms with Crippen molar-refractivity contribution in [3.8, 4) is 0 Å². The molecule has 6 nitrogen and oxygen atoms in total. The quantitative estimate of drug-likeness (QED) is 0.0322. The van der Waals surface area contributed by atoms with Crippen LogP contribution in [0.3, 0.4) is 0 Å². The number of ether oxygens (including phenoxy) is 1. The fourth-order valence-corrected chi connectivity index (χ4v) is 7.92. The SMILES string of the molecule is CCCCCCCCC/C=C\CCCCCCCCCC(=O)OCCCC/C=C\CCCCCCC(=O)NC(CO)C(O)CCCCCCCCCCCCCCCC. The highest BCUT2D eigenvalue weighted by Gasteiger charge is 2.20. The topological polar surface area (TPSA) is 95.9 Å². The van der Waals surface area contributed by atoms with Crippen LogP contribution < -0.4 is 5.32 Å². The minimum atomic E-state index is -0.685. The van der Waals surface area contributed by atoms with Gasteiger partial charge in [0.05, 0.1) is 25.4 Å². The molecule has 0 saturated heterocycles. The van der Waals surface area contributed by atoms with Gasteiger partial charge in [0.15, 0.2) is 0 Å². The molecule has 6 heteroatoms. The molecule has 0 aromatic heterocycles. The minimum Gasteiger partial charge on any atom is -0.466 e. The van der Waals surface area contributed by atoms with Crippen LogP contribution in [0.4, 0.5) is 0 Å². The van der Waals surface area contributed by atoms with Gasteiger partial charge in [-0.05, 0) is 77.0 Å². The van der Waals surface area contributed by atoms with Crippen LogP contribution >= 0.6 is 0 Å². The molecule has 348 valence electrons. The number of nitrogens with one attached hydrogen (secondary N) is 1. The van der Waals surface area contributed by atoms with Gasteiger partial charge < -0.3 is 20.3 Å². The van der Waals surface area contributed by atoms with E-state index in [0.29, 0.717) is 25.9 Å². The molecule has 3 N–H and O–H groups in total. The average Bonchev–Trinajstić information content (AvgIpc) is 3.24. The first-order valence-electron chi connectivity index (χ1n) is 26.1. The number of allylic oxidation sites excluding steroid dienone is 4. The number of hydrogen-bond acceptors (Lipinski definition) is 5. The third kappa shape index (κ3) is 45.7. The molecule has 0 aliphatic carbocycles.